The molecule has 0 atom stereocenters. The molecule has 0 aliphatic rings. The van der Waals surface area contributed by atoms with Gasteiger partial charge in [-0.1, -0.05) is 51.1 Å². The largest absolute Gasteiger partial charge is 0.238 e. The van der Waals surface area contributed by atoms with Crippen LogP contribution in [-0.4, -0.2) is 8.42 Å². The van der Waals surface area contributed by atoms with Gasteiger partial charge in [0.25, 0.3) is 0 Å². The van der Waals surface area contributed by atoms with Crippen molar-refractivity contribution in [2.75, 3.05) is 0 Å². The molecule has 0 saturated heterocycles. The van der Waals surface area contributed by atoms with E-state index in [0.717, 1.165) is 0 Å². The highest BCUT2D eigenvalue weighted by Gasteiger charge is 2.12. The van der Waals surface area contributed by atoms with Gasteiger partial charge in [-0.15, -0.1) is 0 Å². The first-order valence-corrected chi connectivity index (χ1v) is 6.56. The van der Waals surface area contributed by atoms with Crippen molar-refractivity contribution in [2.24, 2.45) is 10.6 Å². The fourth-order valence-electron chi connectivity index (χ4n) is 1.22. The summed E-state index contributed by atoms with van der Waals surface area (Å²) in [5.74, 6) is 0. The monoisotopic (exact) mass is 239 g/mol. The van der Waals surface area contributed by atoms with Crippen LogP contribution in [0.25, 0.3) is 6.08 Å². The molecule has 16 heavy (non-hydrogen) atoms. The van der Waals surface area contributed by atoms with Crippen LogP contribution in [0.4, 0.5) is 0 Å². The number of hydrogen-bond donors (Lipinski definition) is 1. The second-order valence-corrected chi connectivity index (χ2v) is 6.31. The lowest BCUT2D eigenvalue weighted by Gasteiger charge is -2.11. The van der Waals surface area contributed by atoms with Gasteiger partial charge in [0.2, 0.25) is 10.0 Å². The van der Waals surface area contributed by atoms with Crippen molar-refractivity contribution in [2.45, 2.75) is 25.7 Å². The van der Waals surface area contributed by atoms with Gasteiger partial charge in [0.05, 0.1) is 4.90 Å². The topological polar surface area (TPSA) is 60.2 Å². The Balaban J connectivity index is 3.21. The molecule has 1 aromatic rings. The van der Waals surface area contributed by atoms with Crippen molar-refractivity contribution in [3.63, 3.8) is 0 Å². The van der Waals surface area contributed by atoms with Crippen molar-refractivity contribution in [3.8, 4) is 0 Å². The molecule has 88 valence electrons. The summed E-state index contributed by atoms with van der Waals surface area (Å²) < 4.78 is 22.6. The maximum absolute atomic E-state index is 11.3. The fraction of sp³-hybridized carbons (Fsp3) is 0.333. The van der Waals surface area contributed by atoms with Gasteiger partial charge in [-0.05, 0) is 17.0 Å². The van der Waals surface area contributed by atoms with E-state index in [1.54, 1.807) is 24.3 Å². The lowest BCUT2D eigenvalue weighted by atomic mass is 9.95. The standard InChI is InChI=1S/C12H17NO2S/c1-12(2,3)9-8-10-6-4-5-7-11(10)16(13,14)15/h4-9H,1-3H3,(H2,13,14,15)/b9-8+. The van der Waals surface area contributed by atoms with Gasteiger partial charge in [0.1, 0.15) is 0 Å². The highest BCUT2D eigenvalue weighted by Crippen LogP contribution is 2.20. The third-order valence-corrected chi connectivity index (χ3v) is 2.97. The summed E-state index contributed by atoms with van der Waals surface area (Å²) in [5, 5.41) is 5.14. The van der Waals surface area contributed by atoms with E-state index in [4.69, 9.17) is 5.14 Å². The Morgan fingerprint density at radius 1 is 1.19 bits per heavy atom. The molecule has 0 aliphatic heterocycles. The summed E-state index contributed by atoms with van der Waals surface area (Å²) in [5.41, 5.74) is 0.630. The van der Waals surface area contributed by atoms with E-state index in [0.29, 0.717) is 5.56 Å². The Hall–Kier alpha value is -1.13. The smallest absolute Gasteiger partial charge is 0.225 e. The molecular weight excluding hydrogens is 222 g/mol. The van der Waals surface area contributed by atoms with Crippen LogP contribution in [0.2, 0.25) is 0 Å². The minimum atomic E-state index is -3.65. The van der Waals surface area contributed by atoms with Crippen molar-refractivity contribution < 1.29 is 8.42 Å². The fourth-order valence-corrected chi connectivity index (χ4v) is 1.95. The number of nitrogens with two attached hydrogens (primary N) is 1. The predicted molar refractivity (Wildman–Crippen MR) is 66.3 cm³/mol. The molecule has 3 nitrogen and oxygen atoms in total. The van der Waals surface area contributed by atoms with Gasteiger partial charge in [-0.2, -0.15) is 0 Å². The molecule has 4 heteroatoms. The zero-order valence-electron chi connectivity index (χ0n) is 9.77. The maximum atomic E-state index is 11.3. The minimum Gasteiger partial charge on any atom is -0.225 e. The second-order valence-electron chi connectivity index (χ2n) is 4.78. The molecule has 0 bridgehead atoms. The number of hydrogen-bond acceptors (Lipinski definition) is 2. The number of primary sulfonamides is 1. The summed E-state index contributed by atoms with van der Waals surface area (Å²) in [7, 11) is -3.65. The maximum Gasteiger partial charge on any atom is 0.238 e. The van der Waals surface area contributed by atoms with Crippen LogP contribution in [0, 0.1) is 5.41 Å². The minimum absolute atomic E-state index is 0.00543. The normalized spacial score (nSPS) is 13.2. The molecule has 1 aromatic carbocycles. The Bertz CT molecular complexity index is 496. The van der Waals surface area contributed by atoms with E-state index < -0.39 is 10.0 Å². The first kappa shape index (κ1) is 12.9. The number of sulfonamides is 1. The average molecular weight is 239 g/mol. The first-order chi connectivity index (χ1) is 7.20. The van der Waals surface area contributed by atoms with Gasteiger partial charge in [-0.25, -0.2) is 13.6 Å². The summed E-state index contributed by atoms with van der Waals surface area (Å²) >= 11 is 0. The molecule has 0 radical (unpaired) electrons. The second kappa shape index (κ2) is 4.39. The third-order valence-electron chi connectivity index (χ3n) is 1.99. The van der Waals surface area contributed by atoms with Crippen molar-refractivity contribution in [1.82, 2.24) is 0 Å². The highest BCUT2D eigenvalue weighted by atomic mass is 32.2. The molecule has 1 rings (SSSR count). The van der Waals surface area contributed by atoms with Crippen LogP contribution >= 0.6 is 0 Å². The molecule has 0 unspecified atom stereocenters. The molecule has 0 spiro atoms. The highest BCUT2D eigenvalue weighted by molar-refractivity contribution is 7.89. The summed E-state index contributed by atoms with van der Waals surface area (Å²) in [6.07, 6.45) is 3.75. The Morgan fingerprint density at radius 2 is 1.75 bits per heavy atom. The van der Waals surface area contributed by atoms with E-state index in [9.17, 15) is 8.42 Å². The molecule has 0 fully saturated rings. The molecule has 2 N–H and O–H groups in total. The average Bonchev–Trinajstić information content (AvgIpc) is 2.12. The first-order valence-electron chi connectivity index (χ1n) is 5.01. The zero-order chi connectivity index (χ0) is 12.4. The molecule has 0 aliphatic carbocycles. The predicted octanol–water partition coefficient (Wildman–Crippen LogP) is 2.39. The van der Waals surface area contributed by atoms with E-state index in [-0.39, 0.29) is 10.3 Å². The Kier molecular flexibility index (Phi) is 3.55. The quantitative estimate of drug-likeness (QED) is 0.861. The number of allylic oxidation sites excluding steroid dienone is 1. The van der Waals surface area contributed by atoms with Crippen molar-refractivity contribution in [3.05, 3.63) is 35.9 Å². The summed E-state index contributed by atoms with van der Waals surface area (Å²) in [6.45, 7) is 6.13. The van der Waals surface area contributed by atoms with Crippen molar-refractivity contribution >= 4 is 16.1 Å². The van der Waals surface area contributed by atoms with Gasteiger partial charge in [0, 0.05) is 0 Å². The Morgan fingerprint density at radius 3 is 2.25 bits per heavy atom. The molecule has 0 aromatic heterocycles. The van der Waals surface area contributed by atoms with Crippen LogP contribution in [-0.2, 0) is 10.0 Å². The van der Waals surface area contributed by atoms with E-state index in [1.165, 1.54) is 6.07 Å². The molecule has 0 amide bonds. The Labute approximate surface area is 97.0 Å². The van der Waals surface area contributed by atoms with Crippen molar-refractivity contribution in [1.29, 1.82) is 0 Å². The third kappa shape index (κ3) is 3.79. The number of benzene rings is 1. The molecule has 0 saturated carbocycles. The van der Waals surface area contributed by atoms with Gasteiger partial charge in [-0.3, -0.25) is 0 Å². The van der Waals surface area contributed by atoms with Gasteiger partial charge < -0.3 is 0 Å². The van der Waals surface area contributed by atoms with Gasteiger partial charge >= 0.3 is 0 Å². The van der Waals surface area contributed by atoms with E-state index in [2.05, 4.69) is 0 Å². The van der Waals surface area contributed by atoms with Crippen LogP contribution in [0.1, 0.15) is 26.3 Å². The lowest BCUT2D eigenvalue weighted by molar-refractivity contribution is 0.547. The van der Waals surface area contributed by atoms with Crippen LogP contribution in [0.15, 0.2) is 35.2 Å². The van der Waals surface area contributed by atoms with Gasteiger partial charge in [0.15, 0.2) is 0 Å². The number of rotatable bonds is 2. The van der Waals surface area contributed by atoms with Crippen LogP contribution in [0.5, 0.6) is 0 Å². The SMILES string of the molecule is CC(C)(C)/C=C/c1ccccc1S(N)(=O)=O. The summed E-state index contributed by atoms with van der Waals surface area (Å²) in [6, 6.07) is 6.70. The van der Waals surface area contributed by atoms with Crippen LogP contribution in [0.3, 0.4) is 0 Å². The van der Waals surface area contributed by atoms with E-state index >= 15 is 0 Å². The summed E-state index contributed by atoms with van der Waals surface area (Å²) in [4.78, 5) is 0.163. The zero-order valence-corrected chi connectivity index (χ0v) is 10.6. The lowest BCUT2D eigenvalue weighted by Crippen LogP contribution is -2.13. The molecule has 0 heterocycles. The van der Waals surface area contributed by atoms with E-state index in [1.807, 2.05) is 26.8 Å². The van der Waals surface area contributed by atoms with Crippen LogP contribution < -0.4 is 5.14 Å². The molecular formula is C12H17NO2S.